The zero-order chi connectivity index (χ0) is 11.6. The van der Waals surface area contributed by atoms with Crippen molar-refractivity contribution in [2.45, 2.75) is 24.5 Å². The molecule has 8 heteroatoms. The minimum atomic E-state index is -3.70. The van der Waals surface area contributed by atoms with Crippen molar-refractivity contribution < 1.29 is 27.2 Å². The van der Waals surface area contributed by atoms with Crippen LogP contribution in [-0.2, 0) is 23.8 Å². The van der Waals surface area contributed by atoms with Crippen LogP contribution in [0.15, 0.2) is 0 Å². The smallest absolute Gasteiger partial charge is 0.264 e. The molecular weight excluding hydrogens is 226 g/mol. The molecule has 0 aromatic carbocycles. The highest BCUT2D eigenvalue weighted by molar-refractivity contribution is 7.86. The number of methoxy groups -OCH3 is 1. The van der Waals surface area contributed by atoms with Gasteiger partial charge in [0.2, 0.25) is 0 Å². The molecule has 1 aliphatic heterocycles. The van der Waals surface area contributed by atoms with Crippen LogP contribution >= 0.6 is 0 Å². The summed E-state index contributed by atoms with van der Waals surface area (Å²) >= 11 is 0. The Balaban J connectivity index is 2.78. The van der Waals surface area contributed by atoms with Gasteiger partial charge in [0.1, 0.15) is 6.10 Å². The molecular formula is C7H15NO6S. The molecule has 0 radical (unpaired) electrons. The van der Waals surface area contributed by atoms with E-state index in [0.29, 0.717) is 0 Å². The van der Waals surface area contributed by atoms with Crippen molar-refractivity contribution in [3.05, 3.63) is 0 Å². The van der Waals surface area contributed by atoms with Crippen LogP contribution < -0.4 is 5.73 Å². The Labute approximate surface area is 88.2 Å². The summed E-state index contributed by atoms with van der Waals surface area (Å²) in [6, 6.07) is -0.692. The predicted octanol–water partition coefficient (Wildman–Crippen LogP) is -1.98. The third kappa shape index (κ3) is 3.37. The lowest BCUT2D eigenvalue weighted by Gasteiger charge is -2.36. The molecule has 3 N–H and O–H groups in total. The quantitative estimate of drug-likeness (QED) is 0.551. The summed E-state index contributed by atoms with van der Waals surface area (Å²) in [5, 5.41) is 9.63. The fourth-order valence-electron chi connectivity index (χ4n) is 1.31. The highest BCUT2D eigenvalue weighted by atomic mass is 32.2. The summed E-state index contributed by atoms with van der Waals surface area (Å²) in [6.45, 7) is 0.0866. The summed E-state index contributed by atoms with van der Waals surface area (Å²) < 4.78 is 36.4. The van der Waals surface area contributed by atoms with Gasteiger partial charge < -0.3 is 20.3 Å². The third-order valence-corrected chi connectivity index (χ3v) is 2.59. The molecule has 0 spiro atoms. The van der Waals surface area contributed by atoms with Crippen molar-refractivity contribution in [1.82, 2.24) is 0 Å². The van der Waals surface area contributed by atoms with Gasteiger partial charge in [-0.05, 0) is 0 Å². The summed E-state index contributed by atoms with van der Waals surface area (Å²) in [7, 11) is -2.37. The van der Waals surface area contributed by atoms with Crippen molar-refractivity contribution in [2.24, 2.45) is 5.73 Å². The fraction of sp³-hybridized carbons (Fsp3) is 1.00. The average molecular weight is 241 g/mol. The Morgan fingerprint density at radius 3 is 2.60 bits per heavy atom. The minimum Gasteiger partial charge on any atom is -0.388 e. The van der Waals surface area contributed by atoms with E-state index in [-0.39, 0.29) is 6.61 Å². The van der Waals surface area contributed by atoms with Crippen LogP contribution in [-0.4, -0.2) is 58.0 Å². The molecule has 0 saturated carbocycles. The molecule has 90 valence electrons. The Bertz CT molecular complexity index is 303. The largest absolute Gasteiger partial charge is 0.388 e. The molecule has 0 aromatic heterocycles. The van der Waals surface area contributed by atoms with Gasteiger partial charge in [0, 0.05) is 7.11 Å². The van der Waals surface area contributed by atoms with Gasteiger partial charge in [-0.25, -0.2) is 0 Å². The Morgan fingerprint density at radius 1 is 1.53 bits per heavy atom. The molecule has 0 amide bonds. The molecule has 7 nitrogen and oxygen atoms in total. The molecule has 0 aromatic rings. The van der Waals surface area contributed by atoms with Crippen molar-refractivity contribution in [3.8, 4) is 0 Å². The topological polar surface area (TPSA) is 108 Å². The number of hydrogen-bond donors (Lipinski definition) is 2. The second-order valence-corrected chi connectivity index (χ2v) is 4.96. The highest BCUT2D eigenvalue weighted by Crippen LogP contribution is 2.19. The van der Waals surface area contributed by atoms with Crippen molar-refractivity contribution >= 4 is 10.1 Å². The first-order valence-corrected chi connectivity index (χ1v) is 6.13. The van der Waals surface area contributed by atoms with Crippen molar-refractivity contribution in [1.29, 1.82) is 0 Å². The summed E-state index contributed by atoms with van der Waals surface area (Å²) in [4.78, 5) is 0. The van der Waals surface area contributed by atoms with Gasteiger partial charge in [-0.2, -0.15) is 8.42 Å². The van der Waals surface area contributed by atoms with E-state index >= 15 is 0 Å². The lowest BCUT2D eigenvalue weighted by atomic mass is 10.0. The van der Waals surface area contributed by atoms with Crippen LogP contribution in [0.5, 0.6) is 0 Å². The van der Waals surface area contributed by atoms with E-state index in [9.17, 15) is 13.5 Å². The van der Waals surface area contributed by atoms with Gasteiger partial charge in [0.15, 0.2) is 12.4 Å². The molecule has 0 aliphatic carbocycles. The third-order valence-electron chi connectivity index (χ3n) is 2.01. The number of ether oxygens (including phenoxy) is 2. The zero-order valence-electron chi connectivity index (χ0n) is 8.49. The lowest BCUT2D eigenvalue weighted by molar-refractivity contribution is -0.229. The average Bonchev–Trinajstić information content (AvgIpc) is 2.11. The van der Waals surface area contributed by atoms with E-state index in [1.165, 1.54) is 7.11 Å². The summed E-state index contributed by atoms with van der Waals surface area (Å²) in [6.07, 6.45) is -2.33. The van der Waals surface area contributed by atoms with Crippen LogP contribution in [0.1, 0.15) is 0 Å². The normalized spacial score (nSPS) is 37.9. The van der Waals surface area contributed by atoms with Gasteiger partial charge in [-0.3, -0.25) is 4.18 Å². The predicted molar refractivity (Wildman–Crippen MR) is 50.4 cm³/mol. The fourth-order valence-corrected chi connectivity index (χ4v) is 1.92. The molecule has 4 unspecified atom stereocenters. The molecule has 15 heavy (non-hydrogen) atoms. The molecule has 1 rings (SSSR count). The summed E-state index contributed by atoms with van der Waals surface area (Å²) in [5.41, 5.74) is 5.50. The maximum Gasteiger partial charge on any atom is 0.264 e. The summed E-state index contributed by atoms with van der Waals surface area (Å²) in [5.74, 6) is 0. The number of hydrogen-bond acceptors (Lipinski definition) is 7. The first kappa shape index (κ1) is 12.8. The van der Waals surface area contributed by atoms with E-state index in [1.807, 2.05) is 0 Å². The lowest BCUT2D eigenvalue weighted by Crippen LogP contribution is -2.58. The van der Waals surface area contributed by atoms with E-state index in [0.717, 1.165) is 6.26 Å². The van der Waals surface area contributed by atoms with Crippen LogP contribution in [0.25, 0.3) is 0 Å². The van der Waals surface area contributed by atoms with Crippen LogP contribution in [0.3, 0.4) is 0 Å². The van der Waals surface area contributed by atoms with Gasteiger partial charge in [-0.1, -0.05) is 0 Å². The maximum absolute atomic E-state index is 10.9. The number of nitrogens with two attached hydrogens (primary N) is 1. The Kier molecular flexibility index (Phi) is 4.04. The second kappa shape index (κ2) is 4.73. The number of aliphatic hydroxyl groups excluding tert-OH is 1. The first-order valence-electron chi connectivity index (χ1n) is 4.31. The van der Waals surface area contributed by atoms with Gasteiger partial charge >= 0.3 is 0 Å². The van der Waals surface area contributed by atoms with Gasteiger partial charge in [0.05, 0.1) is 18.9 Å². The van der Waals surface area contributed by atoms with Crippen molar-refractivity contribution in [3.63, 3.8) is 0 Å². The molecule has 4 atom stereocenters. The zero-order valence-corrected chi connectivity index (χ0v) is 9.31. The molecule has 0 bridgehead atoms. The SMILES string of the molecule is COC1OCC(N)C(O)C1OS(C)(=O)=O. The number of rotatable bonds is 3. The Morgan fingerprint density at radius 2 is 2.13 bits per heavy atom. The standard InChI is InChI=1S/C7H15NO6S/c1-12-7-6(14-15(2,10)11)5(9)4(8)3-13-7/h4-7,9H,3,8H2,1-2H3. The monoisotopic (exact) mass is 241 g/mol. The van der Waals surface area contributed by atoms with E-state index in [2.05, 4.69) is 4.18 Å². The number of aliphatic hydroxyl groups is 1. The molecule has 1 saturated heterocycles. The van der Waals surface area contributed by atoms with E-state index in [1.54, 1.807) is 0 Å². The maximum atomic E-state index is 10.9. The van der Waals surface area contributed by atoms with E-state index < -0.39 is 34.7 Å². The molecule has 1 fully saturated rings. The van der Waals surface area contributed by atoms with Crippen LogP contribution in [0, 0.1) is 0 Å². The van der Waals surface area contributed by atoms with Crippen molar-refractivity contribution in [2.75, 3.05) is 20.0 Å². The van der Waals surface area contributed by atoms with Gasteiger partial charge in [-0.15, -0.1) is 0 Å². The van der Waals surface area contributed by atoms with Crippen LogP contribution in [0.2, 0.25) is 0 Å². The second-order valence-electron chi connectivity index (χ2n) is 3.36. The Hall–Kier alpha value is -0.250. The van der Waals surface area contributed by atoms with Gasteiger partial charge in [0.25, 0.3) is 10.1 Å². The molecule has 1 heterocycles. The minimum absolute atomic E-state index is 0.0866. The highest BCUT2D eigenvalue weighted by Gasteiger charge is 2.41. The first-order chi connectivity index (χ1) is 6.85. The van der Waals surface area contributed by atoms with E-state index in [4.69, 9.17) is 15.2 Å². The van der Waals surface area contributed by atoms with Crippen LogP contribution in [0.4, 0.5) is 0 Å². The molecule has 1 aliphatic rings.